The zero-order valence-corrected chi connectivity index (χ0v) is 16.7. The number of nitrogen functional groups attached to an aromatic ring is 1. The quantitative estimate of drug-likeness (QED) is 0.650. The summed E-state index contributed by atoms with van der Waals surface area (Å²) in [5.41, 5.74) is 7.80. The topological polar surface area (TPSA) is 125 Å². The van der Waals surface area contributed by atoms with Crippen LogP contribution < -0.4 is 20.8 Å². The number of pyridine rings is 1. The van der Waals surface area contributed by atoms with Gasteiger partial charge < -0.3 is 20.2 Å². The number of rotatable bonds is 6. The minimum atomic E-state index is -0.651. The fraction of sp³-hybridized carbons (Fsp3) is 0.174. The Morgan fingerprint density at radius 3 is 2.43 bits per heavy atom. The number of nitriles is 2. The Morgan fingerprint density at radius 2 is 1.77 bits per heavy atom. The number of hydrogen-bond acceptors (Lipinski definition) is 6. The molecule has 0 amide bonds. The SMILES string of the molecule is CCOc1cc(-c2c(C#N)c(N)[nH]c(=O)c2C#N)ccc1OCc1ccccc1C. The number of ether oxygens (including phenoxy) is 2. The van der Waals surface area contributed by atoms with Crippen molar-refractivity contribution in [1.82, 2.24) is 4.98 Å². The Bertz CT molecular complexity index is 1230. The third kappa shape index (κ3) is 3.96. The van der Waals surface area contributed by atoms with Gasteiger partial charge in [-0.15, -0.1) is 0 Å². The van der Waals surface area contributed by atoms with Crippen LogP contribution in [0.4, 0.5) is 5.82 Å². The molecule has 0 aliphatic heterocycles. The predicted molar refractivity (Wildman–Crippen MR) is 113 cm³/mol. The molecule has 0 aliphatic carbocycles. The Kier molecular flexibility index (Phi) is 6.05. The summed E-state index contributed by atoms with van der Waals surface area (Å²) >= 11 is 0. The maximum atomic E-state index is 12.2. The van der Waals surface area contributed by atoms with Crippen LogP contribution in [0, 0.1) is 29.6 Å². The van der Waals surface area contributed by atoms with Gasteiger partial charge in [0.25, 0.3) is 5.56 Å². The molecule has 7 nitrogen and oxygen atoms in total. The molecule has 1 heterocycles. The second-order valence-corrected chi connectivity index (χ2v) is 6.53. The number of hydrogen-bond donors (Lipinski definition) is 2. The van der Waals surface area contributed by atoms with Gasteiger partial charge in [0, 0.05) is 5.56 Å². The van der Waals surface area contributed by atoms with Crippen LogP contribution in [0.15, 0.2) is 47.3 Å². The van der Waals surface area contributed by atoms with E-state index < -0.39 is 5.56 Å². The molecule has 0 unspecified atom stereocenters. The van der Waals surface area contributed by atoms with E-state index in [1.807, 2.05) is 50.3 Å². The van der Waals surface area contributed by atoms with E-state index in [0.717, 1.165) is 11.1 Å². The first-order valence-corrected chi connectivity index (χ1v) is 9.30. The molecule has 0 atom stereocenters. The highest BCUT2D eigenvalue weighted by Crippen LogP contribution is 2.36. The van der Waals surface area contributed by atoms with E-state index in [-0.39, 0.29) is 22.5 Å². The molecular formula is C23H20N4O3. The lowest BCUT2D eigenvalue weighted by molar-refractivity contribution is 0.269. The van der Waals surface area contributed by atoms with Crippen molar-refractivity contribution in [3.63, 3.8) is 0 Å². The number of aromatic amines is 1. The van der Waals surface area contributed by atoms with E-state index in [2.05, 4.69) is 4.98 Å². The maximum Gasteiger partial charge on any atom is 0.268 e. The molecule has 0 aliphatic rings. The molecule has 3 aromatic rings. The van der Waals surface area contributed by atoms with Crippen LogP contribution in [-0.2, 0) is 6.61 Å². The first-order valence-electron chi connectivity index (χ1n) is 9.30. The van der Waals surface area contributed by atoms with Gasteiger partial charge in [-0.1, -0.05) is 30.3 Å². The van der Waals surface area contributed by atoms with Gasteiger partial charge in [-0.25, -0.2) is 0 Å². The maximum absolute atomic E-state index is 12.2. The number of aromatic nitrogens is 1. The summed E-state index contributed by atoms with van der Waals surface area (Å²) < 4.78 is 11.7. The van der Waals surface area contributed by atoms with Gasteiger partial charge in [0.15, 0.2) is 11.5 Å². The smallest absolute Gasteiger partial charge is 0.268 e. The van der Waals surface area contributed by atoms with E-state index in [1.165, 1.54) is 0 Å². The number of anilines is 1. The molecule has 2 aromatic carbocycles. The Morgan fingerprint density at radius 1 is 1.03 bits per heavy atom. The van der Waals surface area contributed by atoms with Gasteiger partial charge in [-0.2, -0.15) is 10.5 Å². The number of aryl methyl sites for hydroxylation is 1. The predicted octanol–water partition coefficient (Wildman–Crippen LogP) is 3.65. The molecule has 0 spiro atoms. The molecule has 1 aromatic heterocycles. The van der Waals surface area contributed by atoms with Gasteiger partial charge in [0.05, 0.1) is 6.61 Å². The van der Waals surface area contributed by atoms with E-state index in [0.29, 0.717) is 30.3 Å². The highest BCUT2D eigenvalue weighted by atomic mass is 16.5. The van der Waals surface area contributed by atoms with Crippen LogP contribution in [0.5, 0.6) is 11.5 Å². The van der Waals surface area contributed by atoms with Crippen molar-refractivity contribution in [1.29, 1.82) is 10.5 Å². The van der Waals surface area contributed by atoms with Gasteiger partial charge in [0.1, 0.15) is 35.7 Å². The molecule has 3 rings (SSSR count). The molecule has 3 N–H and O–H groups in total. The first kappa shape index (κ1) is 20.5. The Balaban J connectivity index is 2.07. The summed E-state index contributed by atoms with van der Waals surface area (Å²) in [5.74, 6) is 0.864. The monoisotopic (exact) mass is 400 g/mol. The second-order valence-electron chi connectivity index (χ2n) is 6.53. The fourth-order valence-electron chi connectivity index (χ4n) is 3.11. The molecule has 0 fully saturated rings. The summed E-state index contributed by atoms with van der Waals surface area (Å²) in [6, 6.07) is 16.7. The Labute approximate surface area is 173 Å². The average Bonchev–Trinajstić information content (AvgIpc) is 2.73. The van der Waals surface area contributed by atoms with Crippen LogP contribution in [-0.4, -0.2) is 11.6 Å². The van der Waals surface area contributed by atoms with Crippen LogP contribution in [0.1, 0.15) is 29.2 Å². The van der Waals surface area contributed by atoms with Gasteiger partial charge in [-0.3, -0.25) is 4.79 Å². The minimum Gasteiger partial charge on any atom is -0.490 e. The summed E-state index contributed by atoms with van der Waals surface area (Å²) in [6.45, 7) is 4.59. The van der Waals surface area contributed by atoms with Crippen LogP contribution in [0.2, 0.25) is 0 Å². The van der Waals surface area contributed by atoms with Crippen molar-refractivity contribution in [3.05, 3.63) is 75.1 Å². The van der Waals surface area contributed by atoms with E-state index in [4.69, 9.17) is 15.2 Å². The number of nitrogens with one attached hydrogen (secondary N) is 1. The minimum absolute atomic E-state index is 0.0298. The standard InChI is InChI=1S/C23H20N4O3/c1-3-29-20-10-15(21-17(11-24)22(26)27-23(28)18(21)12-25)8-9-19(20)30-13-16-7-5-4-6-14(16)2/h4-10H,3,13H2,1-2H3,(H3,26,27,28). The number of H-pyrrole nitrogens is 1. The van der Waals surface area contributed by atoms with Crippen LogP contribution in [0.25, 0.3) is 11.1 Å². The normalized spacial score (nSPS) is 10.1. The number of nitrogens with zero attached hydrogens (tertiary/aromatic N) is 2. The molecule has 0 bridgehead atoms. The summed E-state index contributed by atoms with van der Waals surface area (Å²) in [4.78, 5) is 14.5. The van der Waals surface area contributed by atoms with Crippen molar-refractivity contribution in [2.24, 2.45) is 0 Å². The van der Waals surface area contributed by atoms with Gasteiger partial charge >= 0.3 is 0 Å². The lowest BCUT2D eigenvalue weighted by Gasteiger charge is -2.15. The third-order valence-electron chi connectivity index (χ3n) is 4.64. The lowest BCUT2D eigenvalue weighted by atomic mass is 9.96. The first-order chi connectivity index (χ1) is 14.5. The molecule has 0 saturated heterocycles. The molecule has 150 valence electrons. The van der Waals surface area contributed by atoms with E-state index >= 15 is 0 Å². The zero-order valence-electron chi connectivity index (χ0n) is 16.7. The van der Waals surface area contributed by atoms with Crippen LogP contribution >= 0.6 is 0 Å². The number of benzene rings is 2. The van der Waals surface area contributed by atoms with Crippen LogP contribution in [0.3, 0.4) is 0 Å². The summed E-state index contributed by atoms with van der Waals surface area (Å²) in [7, 11) is 0. The highest BCUT2D eigenvalue weighted by Gasteiger charge is 2.19. The van der Waals surface area contributed by atoms with Crippen molar-refractivity contribution < 1.29 is 9.47 Å². The summed E-state index contributed by atoms with van der Waals surface area (Å²) in [6.07, 6.45) is 0. The van der Waals surface area contributed by atoms with Gasteiger partial charge in [-0.05, 0) is 42.7 Å². The van der Waals surface area contributed by atoms with Crippen molar-refractivity contribution in [2.45, 2.75) is 20.5 Å². The Hall–Kier alpha value is -4.23. The zero-order chi connectivity index (χ0) is 21.7. The highest BCUT2D eigenvalue weighted by molar-refractivity contribution is 5.81. The number of nitrogens with two attached hydrogens (primary N) is 1. The summed E-state index contributed by atoms with van der Waals surface area (Å²) in [5, 5.41) is 19.0. The molecule has 30 heavy (non-hydrogen) atoms. The molecule has 0 radical (unpaired) electrons. The second kappa shape index (κ2) is 8.85. The van der Waals surface area contributed by atoms with E-state index in [9.17, 15) is 15.3 Å². The molecular weight excluding hydrogens is 380 g/mol. The third-order valence-corrected chi connectivity index (χ3v) is 4.64. The largest absolute Gasteiger partial charge is 0.490 e. The van der Waals surface area contributed by atoms with Crippen molar-refractivity contribution >= 4 is 5.82 Å². The van der Waals surface area contributed by atoms with Gasteiger partial charge in [0.2, 0.25) is 0 Å². The van der Waals surface area contributed by atoms with Crippen molar-refractivity contribution in [3.8, 4) is 34.8 Å². The van der Waals surface area contributed by atoms with Crippen molar-refractivity contribution in [2.75, 3.05) is 12.3 Å². The molecule has 7 heteroatoms. The fourth-order valence-corrected chi connectivity index (χ4v) is 3.11. The van der Waals surface area contributed by atoms with E-state index in [1.54, 1.807) is 18.2 Å². The average molecular weight is 400 g/mol. The molecule has 0 saturated carbocycles. The lowest BCUT2D eigenvalue weighted by Crippen LogP contribution is -2.16.